The quantitative estimate of drug-likeness (QED) is 0.0998. The second-order valence-corrected chi connectivity index (χ2v) is 12.7. The molecule has 15 unspecified atom stereocenters. The fraction of sp³-hybridized carbons (Fsp3) is 0.962. The highest BCUT2D eigenvalue weighted by atomic mass is 16.7. The third-order valence-electron chi connectivity index (χ3n) is 9.28. The van der Waals surface area contributed by atoms with E-state index in [4.69, 9.17) is 37.1 Å². The summed E-state index contributed by atoms with van der Waals surface area (Å²) in [4.78, 5) is 13.0. The van der Waals surface area contributed by atoms with Gasteiger partial charge in [0.25, 0.3) is 5.91 Å². The predicted octanol–water partition coefficient (Wildman–Crippen LogP) is -8.03. The number of carbonyl (C=O) groups excluding carboxylic acids is 1. The van der Waals surface area contributed by atoms with E-state index in [1.165, 1.54) is 0 Å². The molecule has 2 saturated carbocycles. The average molecular weight is 639 g/mol. The van der Waals surface area contributed by atoms with E-state index in [1.54, 1.807) is 0 Å². The van der Waals surface area contributed by atoms with Crippen LogP contribution in [0, 0.1) is 5.92 Å². The molecule has 18 heteroatoms. The van der Waals surface area contributed by atoms with Crippen molar-refractivity contribution < 1.29 is 59.9 Å². The van der Waals surface area contributed by atoms with Gasteiger partial charge in [0.05, 0.1) is 49.2 Å². The molecular weight excluding hydrogens is 588 g/mol. The second-order valence-electron chi connectivity index (χ2n) is 12.7. The minimum atomic E-state index is -1.73. The number of hydrogen-bond donors (Lipinski definition) is 14. The summed E-state index contributed by atoms with van der Waals surface area (Å²) in [6.07, 6.45) is -14.9. The Morgan fingerprint density at radius 1 is 1.00 bits per heavy atom. The zero-order valence-electron chi connectivity index (χ0n) is 24.4. The van der Waals surface area contributed by atoms with E-state index in [-0.39, 0.29) is 51.5 Å². The Kier molecular flexibility index (Phi) is 11.9. The Labute approximate surface area is 254 Å². The lowest BCUT2D eigenvalue weighted by molar-refractivity contribution is -0.291. The van der Waals surface area contributed by atoms with E-state index in [1.807, 2.05) is 0 Å². The molecule has 0 radical (unpaired) electrons. The molecule has 2 saturated heterocycles. The van der Waals surface area contributed by atoms with Crippen LogP contribution in [0.15, 0.2) is 0 Å². The third kappa shape index (κ3) is 7.52. The highest BCUT2D eigenvalue weighted by molar-refractivity contribution is 5.86. The summed E-state index contributed by atoms with van der Waals surface area (Å²) >= 11 is 0. The number of carbonyl (C=O) groups is 1. The first-order valence-corrected chi connectivity index (χ1v) is 15.1. The first-order chi connectivity index (χ1) is 20.7. The number of ether oxygens (including phenoxy) is 3. The average Bonchev–Trinajstić information content (AvgIpc) is 2.95. The number of amides is 1. The Balaban J connectivity index is 1.54. The molecule has 18 N–H and O–H groups in total. The topological polar surface area (TPSA) is 335 Å². The number of hydrogen-bond acceptors (Lipinski definition) is 17. The molecule has 0 bridgehead atoms. The maximum Gasteiger partial charge on any atom is 0.252 e. The van der Waals surface area contributed by atoms with Crippen LogP contribution in [0.5, 0.6) is 0 Å². The molecule has 1 amide bonds. The van der Waals surface area contributed by atoms with Crippen molar-refractivity contribution in [2.45, 2.75) is 123 Å². The molecule has 4 aliphatic rings. The molecule has 2 heterocycles. The fourth-order valence-corrected chi connectivity index (χ4v) is 6.58. The summed E-state index contributed by atoms with van der Waals surface area (Å²) in [7, 11) is 0. The Morgan fingerprint density at radius 3 is 2.32 bits per heavy atom. The predicted molar refractivity (Wildman–Crippen MR) is 150 cm³/mol. The molecule has 256 valence electrons. The number of nitrogens with one attached hydrogen (secondary N) is 2. The molecule has 0 aromatic rings. The van der Waals surface area contributed by atoms with Crippen molar-refractivity contribution in [3.8, 4) is 0 Å². The largest absolute Gasteiger partial charge is 0.392 e. The maximum absolute atomic E-state index is 13.0. The van der Waals surface area contributed by atoms with Crippen LogP contribution >= 0.6 is 0 Å². The molecule has 0 aromatic carbocycles. The van der Waals surface area contributed by atoms with Crippen LogP contribution in [0.2, 0.25) is 0 Å². The molecule has 2 aliphatic heterocycles. The van der Waals surface area contributed by atoms with Crippen molar-refractivity contribution in [1.82, 2.24) is 10.6 Å². The van der Waals surface area contributed by atoms with Crippen molar-refractivity contribution >= 4 is 5.91 Å². The number of nitrogens with two attached hydrogens (primary N) is 4. The zero-order valence-corrected chi connectivity index (χ0v) is 24.4. The van der Waals surface area contributed by atoms with Gasteiger partial charge in [0.15, 0.2) is 6.29 Å². The Hall–Kier alpha value is -1.17. The van der Waals surface area contributed by atoms with Crippen LogP contribution in [-0.4, -0.2) is 170 Å². The highest BCUT2D eigenvalue weighted by Crippen LogP contribution is 2.38. The smallest absolute Gasteiger partial charge is 0.252 e. The summed E-state index contributed by atoms with van der Waals surface area (Å²) in [5, 5.41) is 90.7. The van der Waals surface area contributed by atoms with Crippen LogP contribution in [0.25, 0.3) is 0 Å². The van der Waals surface area contributed by atoms with E-state index < -0.39 is 103 Å². The first-order valence-electron chi connectivity index (χ1n) is 15.1. The van der Waals surface area contributed by atoms with Gasteiger partial charge in [0.1, 0.15) is 36.1 Å². The van der Waals surface area contributed by atoms with Crippen LogP contribution < -0.4 is 33.6 Å². The van der Waals surface area contributed by atoms with Crippen molar-refractivity contribution in [3.63, 3.8) is 0 Å². The summed E-state index contributed by atoms with van der Waals surface area (Å²) < 4.78 is 17.4. The molecule has 0 aromatic heterocycles. The zero-order chi connectivity index (χ0) is 32.5. The molecule has 18 nitrogen and oxygen atoms in total. The van der Waals surface area contributed by atoms with E-state index in [0.29, 0.717) is 6.42 Å². The van der Waals surface area contributed by atoms with Gasteiger partial charge in [-0.25, -0.2) is 0 Å². The van der Waals surface area contributed by atoms with E-state index in [9.17, 15) is 45.6 Å². The van der Waals surface area contributed by atoms with Gasteiger partial charge >= 0.3 is 0 Å². The lowest BCUT2D eigenvalue weighted by Crippen LogP contribution is -2.71. The van der Waals surface area contributed by atoms with Crippen molar-refractivity contribution in [2.75, 3.05) is 26.2 Å². The lowest BCUT2D eigenvalue weighted by Gasteiger charge is -2.52. The van der Waals surface area contributed by atoms with Crippen LogP contribution in [-0.2, 0) is 19.0 Å². The normalized spacial score (nSPS) is 48.8. The summed E-state index contributed by atoms with van der Waals surface area (Å²) in [6.45, 7) is 0.0613. The van der Waals surface area contributed by atoms with Gasteiger partial charge in [-0.15, -0.1) is 0 Å². The molecule has 44 heavy (non-hydrogen) atoms. The van der Waals surface area contributed by atoms with Crippen molar-refractivity contribution in [2.24, 2.45) is 28.9 Å². The molecule has 15 atom stereocenters. The third-order valence-corrected chi connectivity index (χ3v) is 9.28. The highest BCUT2D eigenvalue weighted by Gasteiger charge is 2.56. The van der Waals surface area contributed by atoms with E-state index in [0.717, 1.165) is 0 Å². The Bertz CT molecular complexity index is 951. The van der Waals surface area contributed by atoms with E-state index >= 15 is 0 Å². The number of aliphatic hydroxyl groups excluding tert-OH is 7. The van der Waals surface area contributed by atoms with Gasteiger partial charge in [0.2, 0.25) is 0 Å². The Morgan fingerprint density at radius 2 is 1.68 bits per heavy atom. The molecular formula is C26H50N6O12. The first kappa shape index (κ1) is 35.7. The maximum atomic E-state index is 13.0. The van der Waals surface area contributed by atoms with Crippen molar-refractivity contribution in [3.05, 3.63) is 0 Å². The minimum absolute atomic E-state index is 0.0203. The standard InChI is InChI=1S/C26H50N6O12/c27-2-1-10(33)6-31-7-14-17(35)20(38)21(39)23(43-14)15-11(29)3-12(32-25(40)26(41)4-9(28)5-26)22(18(15)36)44-24-19(37)16(30)13(34)8-42-24/h9-24,31,33-39,41H,1-8,27-30H2,(H,32,40). The fourth-order valence-electron chi connectivity index (χ4n) is 6.58. The van der Waals surface area contributed by atoms with Gasteiger partial charge in [-0.3, -0.25) is 4.79 Å². The van der Waals surface area contributed by atoms with Crippen LogP contribution in [0.4, 0.5) is 0 Å². The number of aliphatic hydroxyl groups is 8. The van der Waals surface area contributed by atoms with Gasteiger partial charge < -0.3 is 88.6 Å². The van der Waals surface area contributed by atoms with Crippen LogP contribution in [0.3, 0.4) is 0 Å². The summed E-state index contributed by atoms with van der Waals surface area (Å²) in [5.41, 5.74) is 21.9. The molecule has 0 spiro atoms. The lowest BCUT2D eigenvalue weighted by atomic mass is 9.71. The van der Waals surface area contributed by atoms with Gasteiger partial charge in [0, 0.05) is 43.9 Å². The SMILES string of the molecule is NCCC(O)CNCC1OC(C2C(N)CC(NC(=O)C3(O)CC(N)C3)C(OC3OCC(O)C(N)C3O)C2O)C(O)C(O)C1O. The molecule has 2 aliphatic carbocycles. The molecule has 4 rings (SSSR count). The monoisotopic (exact) mass is 638 g/mol. The molecule has 4 fully saturated rings. The minimum Gasteiger partial charge on any atom is -0.392 e. The van der Waals surface area contributed by atoms with Gasteiger partial charge in [-0.1, -0.05) is 0 Å². The summed E-state index contributed by atoms with van der Waals surface area (Å²) in [6, 6.07) is -3.52. The van der Waals surface area contributed by atoms with Gasteiger partial charge in [-0.2, -0.15) is 0 Å². The van der Waals surface area contributed by atoms with Crippen LogP contribution in [0.1, 0.15) is 25.7 Å². The van der Waals surface area contributed by atoms with E-state index in [2.05, 4.69) is 10.6 Å². The van der Waals surface area contributed by atoms with Crippen molar-refractivity contribution in [1.29, 1.82) is 0 Å². The second kappa shape index (κ2) is 14.7. The number of rotatable bonds is 11. The van der Waals surface area contributed by atoms with Gasteiger partial charge in [-0.05, 0) is 19.4 Å². The summed E-state index contributed by atoms with van der Waals surface area (Å²) in [5.74, 6) is -1.90.